The molecule has 9 aromatic rings. The molecule has 354 valence electrons. The molecule has 4 aliphatic carbocycles. The molecule has 0 unspecified atom stereocenters. The van der Waals surface area contributed by atoms with Crippen LogP contribution in [-0.4, -0.2) is 0 Å². The molecule has 72 heavy (non-hydrogen) atoms. The molecule has 0 N–H and O–H groups in total. The standard InChI is InChI=1S/C71H65N/c1-67(2,3)47-31-35-49(36-32-47)71(50-37-33-48(34-38-50)68(4,5)6)61-26-14-11-21-58(61)65-62(71)27-18-28-64(65)72(52-41-42-56-54-19-10-13-25-60(54)70(63(56)45-52)43-15-16-44-70)51-39-29-46(30-40-51)53-22-17-23-57-55-20-9-12-24-59(55)69(7,8)66(53)57/h9-14,17-42,45H,15-16,43-44H2,1-8H3. The first-order valence-electron chi connectivity index (χ1n) is 26.6. The van der Waals surface area contributed by atoms with Crippen LogP contribution < -0.4 is 4.90 Å². The monoisotopic (exact) mass is 932 g/mol. The number of hydrogen-bond acceptors (Lipinski definition) is 1. The van der Waals surface area contributed by atoms with Crippen molar-refractivity contribution in [2.45, 2.75) is 108 Å². The minimum Gasteiger partial charge on any atom is -0.310 e. The van der Waals surface area contributed by atoms with Crippen molar-refractivity contribution in [2.24, 2.45) is 0 Å². The van der Waals surface area contributed by atoms with Crippen molar-refractivity contribution in [2.75, 3.05) is 4.90 Å². The van der Waals surface area contributed by atoms with Crippen molar-refractivity contribution in [1.82, 2.24) is 0 Å². The van der Waals surface area contributed by atoms with Gasteiger partial charge in [-0.05, 0) is 149 Å². The zero-order valence-electron chi connectivity index (χ0n) is 43.3. The average Bonchev–Trinajstić information content (AvgIpc) is 4.14. The molecule has 0 aromatic heterocycles. The van der Waals surface area contributed by atoms with E-state index in [4.69, 9.17) is 0 Å². The lowest BCUT2D eigenvalue weighted by Crippen LogP contribution is -2.29. The highest BCUT2D eigenvalue weighted by molar-refractivity contribution is 5.98. The van der Waals surface area contributed by atoms with E-state index < -0.39 is 5.41 Å². The molecule has 9 aromatic carbocycles. The van der Waals surface area contributed by atoms with Gasteiger partial charge in [0, 0.05) is 27.8 Å². The van der Waals surface area contributed by atoms with Gasteiger partial charge in [0.2, 0.25) is 0 Å². The number of fused-ring (bicyclic) bond motifs is 11. The van der Waals surface area contributed by atoms with Gasteiger partial charge < -0.3 is 4.90 Å². The minimum absolute atomic E-state index is 0.0326. The van der Waals surface area contributed by atoms with Gasteiger partial charge in [0.15, 0.2) is 0 Å². The number of nitrogens with zero attached hydrogens (tertiary/aromatic N) is 1. The molecule has 4 aliphatic rings. The third kappa shape index (κ3) is 6.38. The van der Waals surface area contributed by atoms with Crippen LogP contribution in [-0.2, 0) is 27.1 Å². The Morgan fingerprint density at radius 2 is 0.875 bits per heavy atom. The van der Waals surface area contributed by atoms with Crippen molar-refractivity contribution in [3.8, 4) is 44.5 Å². The van der Waals surface area contributed by atoms with Crippen LogP contribution in [0.15, 0.2) is 200 Å². The third-order valence-corrected chi connectivity index (χ3v) is 17.6. The van der Waals surface area contributed by atoms with Crippen LogP contribution in [0.5, 0.6) is 0 Å². The molecule has 0 heterocycles. The van der Waals surface area contributed by atoms with Gasteiger partial charge in [-0.15, -0.1) is 0 Å². The fraction of sp³-hybridized carbons (Fsp3) is 0.239. The highest BCUT2D eigenvalue weighted by Crippen LogP contribution is 2.62. The highest BCUT2D eigenvalue weighted by atomic mass is 15.1. The Hall–Kier alpha value is -7.22. The van der Waals surface area contributed by atoms with Gasteiger partial charge in [0.1, 0.15) is 0 Å². The van der Waals surface area contributed by atoms with Crippen molar-refractivity contribution in [3.63, 3.8) is 0 Å². The lowest BCUT2D eigenvalue weighted by Gasteiger charge is -2.35. The smallest absolute Gasteiger partial charge is 0.0714 e. The summed E-state index contributed by atoms with van der Waals surface area (Å²) in [6.07, 6.45) is 4.89. The molecule has 0 bridgehead atoms. The van der Waals surface area contributed by atoms with E-state index in [1.54, 1.807) is 0 Å². The summed E-state index contributed by atoms with van der Waals surface area (Å²) in [5, 5.41) is 0. The summed E-state index contributed by atoms with van der Waals surface area (Å²) in [7, 11) is 0. The zero-order valence-corrected chi connectivity index (χ0v) is 43.3. The first-order valence-corrected chi connectivity index (χ1v) is 26.6. The molecule has 1 heteroatoms. The average molecular weight is 932 g/mol. The molecule has 0 atom stereocenters. The van der Waals surface area contributed by atoms with Gasteiger partial charge in [-0.2, -0.15) is 0 Å². The normalized spacial score (nSPS) is 16.2. The lowest BCUT2D eigenvalue weighted by atomic mass is 9.67. The van der Waals surface area contributed by atoms with Gasteiger partial charge in [-0.25, -0.2) is 0 Å². The summed E-state index contributed by atoms with van der Waals surface area (Å²) in [4.78, 5) is 2.60. The number of anilines is 3. The fourth-order valence-corrected chi connectivity index (χ4v) is 14.1. The van der Waals surface area contributed by atoms with E-state index in [-0.39, 0.29) is 21.7 Å². The molecule has 0 saturated heterocycles. The highest BCUT2D eigenvalue weighted by Gasteiger charge is 2.49. The summed E-state index contributed by atoms with van der Waals surface area (Å²) in [6.45, 7) is 18.7. The van der Waals surface area contributed by atoms with Gasteiger partial charge in [-0.3, -0.25) is 0 Å². The van der Waals surface area contributed by atoms with E-state index >= 15 is 0 Å². The summed E-state index contributed by atoms with van der Waals surface area (Å²) in [5.41, 5.74) is 27.3. The van der Waals surface area contributed by atoms with Crippen molar-refractivity contribution < 1.29 is 0 Å². The van der Waals surface area contributed by atoms with Crippen LogP contribution in [0.3, 0.4) is 0 Å². The van der Waals surface area contributed by atoms with E-state index in [0.29, 0.717) is 0 Å². The predicted octanol–water partition coefficient (Wildman–Crippen LogP) is 18.9. The summed E-state index contributed by atoms with van der Waals surface area (Å²) >= 11 is 0. The lowest BCUT2D eigenvalue weighted by molar-refractivity contribution is 0.550. The Labute approximate surface area is 428 Å². The Bertz CT molecular complexity index is 3540. The first kappa shape index (κ1) is 44.7. The third-order valence-electron chi connectivity index (χ3n) is 17.6. The number of benzene rings is 9. The second-order valence-electron chi connectivity index (χ2n) is 24.0. The van der Waals surface area contributed by atoms with Crippen molar-refractivity contribution in [1.29, 1.82) is 0 Å². The Morgan fingerprint density at radius 1 is 0.389 bits per heavy atom. The van der Waals surface area contributed by atoms with Gasteiger partial charge in [0.05, 0.1) is 11.1 Å². The Balaban J connectivity index is 1.05. The quantitative estimate of drug-likeness (QED) is 0.161. The molecule has 0 aliphatic heterocycles. The van der Waals surface area contributed by atoms with E-state index in [1.165, 1.54) is 137 Å². The van der Waals surface area contributed by atoms with Crippen LogP contribution in [0, 0.1) is 0 Å². The van der Waals surface area contributed by atoms with E-state index in [9.17, 15) is 0 Å². The van der Waals surface area contributed by atoms with E-state index in [1.807, 2.05) is 0 Å². The first-order chi connectivity index (χ1) is 34.7. The van der Waals surface area contributed by atoms with E-state index in [0.717, 1.165) is 5.69 Å². The molecule has 13 rings (SSSR count). The van der Waals surface area contributed by atoms with Crippen LogP contribution in [0.4, 0.5) is 17.1 Å². The van der Waals surface area contributed by atoms with Crippen LogP contribution in [0.1, 0.15) is 137 Å². The predicted molar refractivity (Wildman–Crippen MR) is 304 cm³/mol. The van der Waals surface area contributed by atoms with Crippen LogP contribution in [0.2, 0.25) is 0 Å². The molecule has 0 radical (unpaired) electrons. The SMILES string of the molecule is CC(C)(C)c1ccc(C2(c3ccc(C(C)(C)C)cc3)c3ccccc3-c3c(N(c4ccc(-c5cccc6c5C(C)(C)c5ccccc5-6)cc4)c4ccc5c(c4)C4(CCCC4)c4ccccc4-5)cccc32)cc1. The molecule has 1 spiro atoms. The second kappa shape index (κ2) is 15.9. The molecular weight excluding hydrogens is 867 g/mol. The van der Waals surface area contributed by atoms with Gasteiger partial charge in [-0.1, -0.05) is 238 Å². The number of hydrogen-bond donors (Lipinski definition) is 0. The largest absolute Gasteiger partial charge is 0.310 e. The molecule has 1 nitrogen and oxygen atoms in total. The summed E-state index contributed by atoms with van der Waals surface area (Å²) in [5.74, 6) is 0. The fourth-order valence-electron chi connectivity index (χ4n) is 14.1. The van der Waals surface area contributed by atoms with Gasteiger partial charge in [0.25, 0.3) is 0 Å². The molecule has 0 amide bonds. The van der Waals surface area contributed by atoms with Gasteiger partial charge >= 0.3 is 0 Å². The zero-order chi connectivity index (χ0) is 49.4. The number of rotatable bonds is 6. The Kier molecular flexibility index (Phi) is 9.86. The second-order valence-corrected chi connectivity index (χ2v) is 24.0. The molecule has 1 saturated carbocycles. The maximum atomic E-state index is 2.60. The summed E-state index contributed by atoms with van der Waals surface area (Å²) in [6, 6.07) is 77.8. The maximum Gasteiger partial charge on any atom is 0.0714 e. The van der Waals surface area contributed by atoms with E-state index in [2.05, 4.69) is 260 Å². The topological polar surface area (TPSA) is 3.24 Å². The maximum absolute atomic E-state index is 2.60. The summed E-state index contributed by atoms with van der Waals surface area (Å²) < 4.78 is 0. The molecule has 1 fully saturated rings. The Morgan fingerprint density at radius 3 is 1.50 bits per heavy atom. The molecular formula is C71H65N. The van der Waals surface area contributed by atoms with Crippen LogP contribution >= 0.6 is 0 Å². The van der Waals surface area contributed by atoms with Crippen molar-refractivity contribution in [3.05, 3.63) is 256 Å². The van der Waals surface area contributed by atoms with Crippen LogP contribution in [0.25, 0.3) is 44.5 Å². The minimum atomic E-state index is -0.560. The van der Waals surface area contributed by atoms with Crippen molar-refractivity contribution >= 4 is 17.1 Å².